The highest BCUT2D eigenvalue weighted by Crippen LogP contribution is 2.33. The number of alkyl halides is 3. The number of carbonyl (C=O) groups is 1. The molecule has 1 aliphatic heterocycles. The minimum absolute atomic E-state index is 0.0897. The van der Waals surface area contributed by atoms with Gasteiger partial charge in [0, 0.05) is 51.0 Å². The van der Waals surface area contributed by atoms with Gasteiger partial charge in [-0.1, -0.05) is 36.4 Å². The number of benzene rings is 2. The van der Waals surface area contributed by atoms with E-state index >= 15 is 0 Å². The standard InChI is InChI=1S/C30H32F3N5O5S/c1-42-29(39)27(37-17-15-36(16-18-37)20-22-7-3-2-4-8-22)19-34-44(40,41)24-12-10-23(11-13-24)43-21-25-26-9-5-6-14-38(26)35-28(25)30(31,32)33/h2-14,27,34H,15-21H2,1H3/t27-/m0/s1. The minimum atomic E-state index is -4.67. The third-order valence-corrected chi connectivity index (χ3v) is 8.90. The number of ether oxygens (including phenoxy) is 2. The van der Waals surface area contributed by atoms with Gasteiger partial charge in [-0.15, -0.1) is 0 Å². The first-order chi connectivity index (χ1) is 21.0. The summed E-state index contributed by atoms with van der Waals surface area (Å²) in [7, 11) is -2.77. The molecule has 0 spiro atoms. The van der Waals surface area contributed by atoms with Crippen LogP contribution in [0.3, 0.4) is 0 Å². The molecule has 2 aromatic carbocycles. The van der Waals surface area contributed by atoms with Gasteiger partial charge < -0.3 is 9.47 Å². The number of pyridine rings is 1. The summed E-state index contributed by atoms with van der Waals surface area (Å²) in [4.78, 5) is 16.7. The van der Waals surface area contributed by atoms with E-state index in [4.69, 9.17) is 9.47 Å². The highest BCUT2D eigenvalue weighted by Gasteiger charge is 2.38. The number of sulfonamides is 1. The number of nitrogens with one attached hydrogen (secondary N) is 1. The van der Waals surface area contributed by atoms with Gasteiger partial charge in [0.25, 0.3) is 0 Å². The molecule has 1 fully saturated rings. The molecule has 10 nitrogen and oxygen atoms in total. The van der Waals surface area contributed by atoms with E-state index in [2.05, 4.69) is 26.9 Å². The maximum atomic E-state index is 13.6. The molecular formula is C30H32F3N5O5S. The van der Waals surface area contributed by atoms with Gasteiger partial charge in [0.05, 0.1) is 17.5 Å². The summed E-state index contributed by atoms with van der Waals surface area (Å²) in [5.74, 6) is -0.368. The zero-order chi connectivity index (χ0) is 31.3. The molecule has 1 atom stereocenters. The van der Waals surface area contributed by atoms with Crippen molar-refractivity contribution in [3.8, 4) is 5.75 Å². The topological polar surface area (TPSA) is 105 Å². The van der Waals surface area contributed by atoms with Gasteiger partial charge in [0.2, 0.25) is 10.0 Å². The second-order valence-corrected chi connectivity index (χ2v) is 12.1. The Labute approximate surface area is 253 Å². The Kier molecular flexibility index (Phi) is 9.53. The first-order valence-corrected chi connectivity index (χ1v) is 15.4. The van der Waals surface area contributed by atoms with Gasteiger partial charge >= 0.3 is 12.1 Å². The number of carbonyl (C=O) groups excluding carboxylic acids is 1. The molecular weight excluding hydrogens is 599 g/mol. The van der Waals surface area contributed by atoms with Crippen molar-refractivity contribution < 1.29 is 35.9 Å². The van der Waals surface area contributed by atoms with Gasteiger partial charge in [-0.05, 0) is 42.0 Å². The number of halogens is 3. The smallest absolute Gasteiger partial charge is 0.435 e. The van der Waals surface area contributed by atoms with Crippen LogP contribution in [0.25, 0.3) is 5.52 Å². The second-order valence-electron chi connectivity index (χ2n) is 10.3. The lowest BCUT2D eigenvalue weighted by Gasteiger charge is -2.38. The second kappa shape index (κ2) is 13.3. The van der Waals surface area contributed by atoms with Crippen LogP contribution in [-0.4, -0.2) is 79.7 Å². The molecule has 1 N–H and O–H groups in total. The van der Waals surface area contributed by atoms with E-state index in [1.54, 1.807) is 12.1 Å². The van der Waals surface area contributed by atoms with Crippen molar-refractivity contribution in [1.29, 1.82) is 0 Å². The SMILES string of the molecule is COC(=O)[C@H](CNS(=O)(=O)c1ccc(OCc2c(C(F)(F)F)nn3ccccc23)cc1)N1CCN(Cc2ccccc2)CC1. The summed E-state index contributed by atoms with van der Waals surface area (Å²) in [6.45, 7) is 2.69. The van der Waals surface area contributed by atoms with E-state index in [1.807, 2.05) is 23.1 Å². The first-order valence-electron chi connectivity index (χ1n) is 13.9. The van der Waals surface area contributed by atoms with E-state index in [1.165, 1.54) is 49.2 Å². The molecule has 0 aliphatic carbocycles. The monoisotopic (exact) mass is 631 g/mol. The van der Waals surface area contributed by atoms with Gasteiger partial charge in [-0.25, -0.2) is 17.7 Å². The number of methoxy groups -OCH3 is 1. The lowest BCUT2D eigenvalue weighted by molar-refractivity contribution is -0.147. The fraction of sp³-hybridized carbons (Fsp3) is 0.333. The van der Waals surface area contributed by atoms with Crippen LogP contribution in [0.4, 0.5) is 13.2 Å². The number of piperazine rings is 1. The van der Waals surface area contributed by atoms with Crippen molar-refractivity contribution in [1.82, 2.24) is 24.1 Å². The largest absolute Gasteiger partial charge is 0.489 e. The van der Waals surface area contributed by atoms with Crippen molar-refractivity contribution in [3.63, 3.8) is 0 Å². The Morgan fingerprint density at radius 1 is 0.977 bits per heavy atom. The molecule has 0 saturated carbocycles. The average molecular weight is 632 g/mol. The number of aromatic nitrogens is 2. The molecule has 5 rings (SSSR count). The Morgan fingerprint density at radius 3 is 2.32 bits per heavy atom. The number of hydrogen-bond acceptors (Lipinski definition) is 8. The van der Waals surface area contributed by atoms with Crippen LogP contribution in [0.2, 0.25) is 0 Å². The maximum Gasteiger partial charge on any atom is 0.435 e. The number of hydrogen-bond donors (Lipinski definition) is 1. The van der Waals surface area contributed by atoms with Gasteiger partial charge in [0.15, 0.2) is 5.69 Å². The van der Waals surface area contributed by atoms with E-state index < -0.39 is 40.5 Å². The summed E-state index contributed by atoms with van der Waals surface area (Å²) < 4.78 is 81.1. The first kappa shape index (κ1) is 31.4. The lowest BCUT2D eigenvalue weighted by Crippen LogP contribution is -2.56. The summed E-state index contributed by atoms with van der Waals surface area (Å²) in [6, 6.07) is 19.2. The summed E-state index contributed by atoms with van der Waals surface area (Å²) in [5.41, 5.74) is 0.258. The van der Waals surface area contributed by atoms with Crippen LogP contribution in [0.15, 0.2) is 83.9 Å². The quantitative estimate of drug-likeness (QED) is 0.251. The summed E-state index contributed by atoms with van der Waals surface area (Å²) in [6.07, 6.45) is -3.26. The fourth-order valence-electron chi connectivity index (χ4n) is 5.13. The normalized spacial score (nSPS) is 15.7. The molecule has 0 radical (unpaired) electrons. The molecule has 14 heteroatoms. The Balaban J connectivity index is 1.19. The van der Waals surface area contributed by atoms with Gasteiger partial charge in [0.1, 0.15) is 18.4 Å². The number of nitrogens with zero attached hydrogens (tertiary/aromatic N) is 4. The highest BCUT2D eigenvalue weighted by atomic mass is 32.2. The molecule has 0 bridgehead atoms. The third-order valence-electron chi connectivity index (χ3n) is 7.46. The summed E-state index contributed by atoms with van der Waals surface area (Å²) in [5, 5.41) is 3.64. The molecule has 2 aromatic heterocycles. The van der Waals surface area contributed by atoms with E-state index in [-0.39, 0.29) is 28.3 Å². The van der Waals surface area contributed by atoms with E-state index in [9.17, 15) is 26.4 Å². The molecule has 44 heavy (non-hydrogen) atoms. The predicted molar refractivity (Wildman–Crippen MR) is 155 cm³/mol. The van der Waals surface area contributed by atoms with E-state index in [0.29, 0.717) is 26.2 Å². The van der Waals surface area contributed by atoms with Crippen LogP contribution in [0.5, 0.6) is 5.75 Å². The van der Waals surface area contributed by atoms with Crippen molar-refractivity contribution in [2.45, 2.75) is 30.3 Å². The Hall–Kier alpha value is -3.98. The molecule has 0 amide bonds. The zero-order valence-electron chi connectivity index (χ0n) is 23.9. The Bertz CT molecular complexity index is 1670. The molecule has 4 aromatic rings. The van der Waals surface area contributed by atoms with Gasteiger partial charge in [-0.2, -0.15) is 18.3 Å². The van der Waals surface area contributed by atoms with E-state index in [0.717, 1.165) is 11.1 Å². The lowest BCUT2D eigenvalue weighted by atomic mass is 10.1. The van der Waals surface area contributed by atoms with Crippen LogP contribution in [0, 0.1) is 0 Å². The zero-order valence-corrected chi connectivity index (χ0v) is 24.7. The summed E-state index contributed by atoms with van der Waals surface area (Å²) >= 11 is 0. The number of esters is 1. The molecule has 3 heterocycles. The molecule has 1 aliphatic rings. The molecule has 1 saturated heterocycles. The number of fused-ring (bicyclic) bond motifs is 1. The van der Waals surface area contributed by atoms with Crippen molar-refractivity contribution in [2.75, 3.05) is 39.8 Å². The van der Waals surface area contributed by atoms with Crippen molar-refractivity contribution in [3.05, 3.63) is 95.8 Å². The Morgan fingerprint density at radius 2 is 1.66 bits per heavy atom. The van der Waals surface area contributed by atoms with Crippen molar-refractivity contribution >= 4 is 21.5 Å². The third kappa shape index (κ3) is 7.38. The molecule has 0 unspecified atom stereocenters. The maximum absolute atomic E-state index is 13.6. The molecule has 234 valence electrons. The average Bonchev–Trinajstić information content (AvgIpc) is 3.41. The minimum Gasteiger partial charge on any atom is -0.489 e. The predicted octanol–water partition coefficient (Wildman–Crippen LogP) is 3.57. The number of rotatable bonds is 11. The van der Waals surface area contributed by atoms with Crippen LogP contribution in [0.1, 0.15) is 16.8 Å². The van der Waals surface area contributed by atoms with Crippen LogP contribution < -0.4 is 9.46 Å². The highest BCUT2D eigenvalue weighted by molar-refractivity contribution is 7.89. The van der Waals surface area contributed by atoms with Crippen molar-refractivity contribution in [2.24, 2.45) is 0 Å². The van der Waals surface area contributed by atoms with Crippen LogP contribution >= 0.6 is 0 Å². The fourth-order valence-corrected chi connectivity index (χ4v) is 6.17. The van der Waals surface area contributed by atoms with Gasteiger partial charge in [-0.3, -0.25) is 14.6 Å². The van der Waals surface area contributed by atoms with Crippen LogP contribution in [-0.2, 0) is 38.9 Å².